The Morgan fingerprint density at radius 1 is 0.272 bits per heavy atom. The standard InChI is InChI=1S/C19H32O2.2C17H28O2.2C17H30O2.C14H24O2.6C2H6/c1-6-17(2,3)16(20)21-18(4,5)19-10-13-7-14(11-19)9-15(8-13)12-19;1-5-16(2,3)15(18)19-17(4)13-7-11-6-12(9-13)10-14(17)8-11;1-5-16(2,3)15(18)19-17(4)10-11-9-14(17)13-8-6-7-12(11)13;1-5-16(2,3)15(18)19-17(4)12-8-10-13-9-6-7-11-14(13)17;1-5-16(2,3)15(18)19-17(4)11-10-13-8-6-7-9-14(13)12-17;1-5-13(2,3)12(15)16-14(4)9-10-6-7-11(14)8-10;6*1-2/h13-15H,6-12H2,1-5H3;2*11-14H,5-10H2,1-4H3;2*13-14H,5-12H2,1-4H3;10-11H,5-9H2,1-4H3;6*1-2H3. The lowest BCUT2D eigenvalue weighted by atomic mass is 9.46. The molecule has 0 spiro atoms. The Morgan fingerprint density at radius 2 is 0.640 bits per heavy atom. The minimum Gasteiger partial charge on any atom is -0.459 e. The first-order valence-electron chi connectivity index (χ1n) is 53.9. The Balaban J connectivity index is 0.000000307. The van der Waals surface area contributed by atoms with Crippen LogP contribution in [0.25, 0.3) is 0 Å². The first-order valence-corrected chi connectivity index (χ1v) is 53.9. The van der Waals surface area contributed by atoms with Gasteiger partial charge in [0.15, 0.2) is 0 Å². The Kier molecular flexibility index (Phi) is 44.0. The lowest BCUT2D eigenvalue weighted by molar-refractivity contribution is -0.211. The van der Waals surface area contributed by atoms with Crippen LogP contribution in [0.3, 0.4) is 0 Å². The second kappa shape index (κ2) is 48.1. The van der Waals surface area contributed by atoms with Crippen LogP contribution in [0.1, 0.15) is 513 Å². The van der Waals surface area contributed by atoms with Crippen LogP contribution >= 0.6 is 0 Å². The predicted octanol–water partition coefficient (Wildman–Crippen LogP) is 32.5. The summed E-state index contributed by atoms with van der Waals surface area (Å²) < 4.78 is 36.2. The predicted molar refractivity (Wildman–Crippen MR) is 524 cm³/mol. The van der Waals surface area contributed by atoms with Gasteiger partial charge in [0.25, 0.3) is 0 Å². The van der Waals surface area contributed by atoms with Crippen LogP contribution in [-0.4, -0.2) is 69.4 Å². The molecular weight excluding hydrogens is 1550 g/mol. The van der Waals surface area contributed by atoms with Crippen molar-refractivity contribution in [1.29, 1.82) is 0 Å². The number of rotatable bonds is 19. The molecule has 17 saturated carbocycles. The Hall–Kier alpha value is -3.18. The van der Waals surface area contributed by atoms with E-state index in [1.54, 1.807) is 0 Å². The number of fused-ring (bicyclic) bond motifs is 9. The molecule has 0 aromatic rings. The van der Waals surface area contributed by atoms with Crippen molar-refractivity contribution in [1.82, 2.24) is 0 Å². The van der Waals surface area contributed by atoms with Crippen LogP contribution in [0.5, 0.6) is 0 Å². The third-order valence-corrected chi connectivity index (χ3v) is 36.3. The third kappa shape index (κ3) is 27.8. The smallest absolute Gasteiger partial charge is 0.312 e. The molecule has 0 aromatic carbocycles. The second-order valence-electron chi connectivity index (χ2n) is 47.1. The fraction of sp³-hybridized carbons (Fsp3) is 0.947. The van der Waals surface area contributed by atoms with Gasteiger partial charge in [0.1, 0.15) is 33.6 Å². The molecule has 17 fully saturated rings. The number of hydrogen-bond donors (Lipinski definition) is 0. The minimum absolute atomic E-state index is 0.00345. The maximum atomic E-state index is 12.6. The molecule has 14 unspecified atom stereocenters. The summed E-state index contributed by atoms with van der Waals surface area (Å²) in [5.41, 5.74) is -3.01. The van der Waals surface area contributed by atoms with Crippen LogP contribution in [0.2, 0.25) is 0 Å². The normalized spacial score (nSPS) is 35.9. The number of ether oxygens (including phenoxy) is 6. The zero-order chi connectivity index (χ0) is 95.3. The molecular formula is C113H208O12. The monoisotopic (exact) mass is 1760 g/mol. The summed E-state index contributed by atoms with van der Waals surface area (Å²) in [6.45, 7) is 75.6. The van der Waals surface area contributed by atoms with Crippen molar-refractivity contribution in [3.05, 3.63) is 0 Å². The van der Waals surface area contributed by atoms with Gasteiger partial charge in [-0.05, 0) is 426 Å². The fourth-order valence-electron chi connectivity index (χ4n) is 26.0. The number of carbonyl (C=O) groups excluding carboxylic acids is 6. The van der Waals surface area contributed by atoms with Crippen LogP contribution in [-0.2, 0) is 57.2 Å². The molecule has 0 saturated heterocycles. The van der Waals surface area contributed by atoms with Crippen LogP contribution in [0.4, 0.5) is 0 Å². The van der Waals surface area contributed by atoms with Gasteiger partial charge in [-0.2, -0.15) is 0 Å². The summed E-state index contributed by atoms with van der Waals surface area (Å²) in [4.78, 5) is 74.3. The van der Waals surface area contributed by atoms with Gasteiger partial charge in [-0.15, -0.1) is 0 Å². The van der Waals surface area contributed by atoms with Gasteiger partial charge in [-0.1, -0.05) is 176 Å². The molecule has 17 rings (SSSR count). The van der Waals surface area contributed by atoms with Crippen molar-refractivity contribution < 1.29 is 57.2 Å². The maximum Gasteiger partial charge on any atom is 0.312 e. The lowest BCUT2D eigenvalue weighted by Crippen LogP contribution is -2.58. The van der Waals surface area contributed by atoms with Crippen LogP contribution in [0.15, 0.2) is 0 Å². The summed E-state index contributed by atoms with van der Waals surface area (Å²) >= 11 is 0. The van der Waals surface area contributed by atoms with Gasteiger partial charge in [0, 0.05) is 17.3 Å². The molecule has 0 aromatic heterocycles. The number of hydrogen-bond acceptors (Lipinski definition) is 12. The number of esters is 6. The molecule has 12 nitrogen and oxygen atoms in total. The van der Waals surface area contributed by atoms with Crippen molar-refractivity contribution in [3.8, 4) is 0 Å². The van der Waals surface area contributed by atoms with E-state index in [0.29, 0.717) is 29.6 Å². The van der Waals surface area contributed by atoms with E-state index in [-0.39, 0.29) is 107 Å². The molecule has 12 heteroatoms. The highest BCUT2D eigenvalue weighted by molar-refractivity contribution is 5.79. The second-order valence-corrected chi connectivity index (χ2v) is 47.1. The maximum absolute atomic E-state index is 12.6. The lowest BCUT2D eigenvalue weighted by Gasteiger charge is -2.61. The SMILES string of the molecule is CC.CC.CC.CC.CC.CC.CCC(C)(C)C(=O)OC(C)(C)C12CC3CC(CC(C3)C1)C2.CCC(C)(C)C(=O)OC1(C)C2CC3CC(C2)CC1C3.CCC(C)(C)C(=O)OC1(C)CC2CC1C1CCCC21.CCC(C)(C)C(=O)OC1(C)CC2CCC1C2.CCC(C)(C)C(=O)OC1(C)CCC2CCCCC2C1.CCC(C)(C)C(=O)OC1(C)CCCC2CCCCC21. The molecule has 17 aliphatic carbocycles. The summed E-state index contributed by atoms with van der Waals surface area (Å²) in [5, 5.41) is 0. The largest absolute Gasteiger partial charge is 0.459 e. The van der Waals surface area contributed by atoms with E-state index in [9.17, 15) is 28.8 Å². The van der Waals surface area contributed by atoms with E-state index in [2.05, 4.69) is 83.1 Å². The van der Waals surface area contributed by atoms with Crippen molar-refractivity contribution >= 4 is 35.8 Å². The van der Waals surface area contributed by atoms with Gasteiger partial charge in [-0.25, -0.2) is 0 Å². The molecule has 14 atom stereocenters. The first-order chi connectivity index (χ1) is 58.5. The van der Waals surface area contributed by atoms with Gasteiger partial charge in [0.05, 0.1) is 32.5 Å². The van der Waals surface area contributed by atoms with E-state index in [4.69, 9.17) is 28.4 Å². The van der Waals surface area contributed by atoms with Crippen LogP contribution < -0.4 is 0 Å². The highest BCUT2D eigenvalue weighted by Crippen LogP contribution is 2.67. The average molecular weight is 1760 g/mol. The molecule has 0 N–H and O–H groups in total. The van der Waals surface area contributed by atoms with E-state index in [1.165, 1.54) is 186 Å². The molecule has 0 aliphatic heterocycles. The van der Waals surface area contributed by atoms with Gasteiger partial charge in [0.2, 0.25) is 0 Å². The molecule has 17 aliphatic rings. The Labute approximate surface area is 773 Å². The van der Waals surface area contributed by atoms with Gasteiger partial charge in [-0.3, -0.25) is 28.8 Å². The quantitative estimate of drug-likeness (QED) is 0.0892. The zero-order valence-corrected chi connectivity index (χ0v) is 89.5. The summed E-state index contributed by atoms with van der Waals surface area (Å²) in [6.07, 6.45) is 49.2. The molecule has 0 amide bonds. The Morgan fingerprint density at radius 3 is 1.07 bits per heavy atom. The zero-order valence-electron chi connectivity index (χ0n) is 89.5. The average Bonchev–Trinajstić information content (AvgIpc) is 1.61. The van der Waals surface area contributed by atoms with Gasteiger partial charge >= 0.3 is 35.8 Å². The summed E-state index contributed by atoms with van der Waals surface area (Å²) in [5.74, 6) is 13.6. The van der Waals surface area contributed by atoms with Crippen molar-refractivity contribution in [2.45, 2.75) is 547 Å². The topological polar surface area (TPSA) is 158 Å². The van der Waals surface area contributed by atoms with E-state index >= 15 is 0 Å². The fourth-order valence-corrected chi connectivity index (χ4v) is 26.0. The van der Waals surface area contributed by atoms with Crippen molar-refractivity contribution in [2.75, 3.05) is 0 Å². The van der Waals surface area contributed by atoms with E-state index in [1.807, 2.05) is 173 Å². The molecule has 0 heterocycles. The van der Waals surface area contributed by atoms with Crippen LogP contribution in [0, 0.1) is 139 Å². The highest BCUT2D eigenvalue weighted by atomic mass is 16.6. The first kappa shape index (κ1) is 114. The molecule has 125 heavy (non-hydrogen) atoms. The molecule has 12 bridgehead atoms. The van der Waals surface area contributed by atoms with E-state index in [0.717, 1.165) is 142 Å². The van der Waals surface area contributed by atoms with E-state index < -0.39 is 0 Å². The number of carbonyl (C=O) groups is 6. The van der Waals surface area contributed by atoms with Crippen molar-refractivity contribution in [2.24, 2.45) is 139 Å². The summed E-state index contributed by atoms with van der Waals surface area (Å²) in [6, 6.07) is 0. The molecule has 0 radical (unpaired) electrons. The van der Waals surface area contributed by atoms with Gasteiger partial charge < -0.3 is 28.4 Å². The third-order valence-electron chi connectivity index (χ3n) is 36.3. The van der Waals surface area contributed by atoms with Crippen molar-refractivity contribution in [3.63, 3.8) is 0 Å². The highest BCUT2D eigenvalue weighted by Gasteiger charge is 2.63. The molecule has 732 valence electrons. The Bertz CT molecular complexity index is 3190. The summed E-state index contributed by atoms with van der Waals surface area (Å²) in [7, 11) is 0. The minimum atomic E-state index is -0.362.